The SMILES string of the molecule is C=Cc1ccc(COCCOc2ccc(C3=CC(C(c4cc(-c5ccc(OCCOCc6ccc(C=C)cc6)cc5)ccc4OCCOCc4ccc(C=C)cc4)c4cc(C)cc(C)c4OCCOCc4ccc(C=C)cc4)C=C3)cc2)cc1. The topological polar surface area (TPSA) is 73.8 Å². The first kappa shape index (κ1) is 59.8. The third-order valence-corrected chi connectivity index (χ3v) is 14.6. The molecule has 0 saturated carbocycles. The van der Waals surface area contributed by atoms with Crippen LogP contribution in [0.1, 0.15) is 78.2 Å². The van der Waals surface area contributed by atoms with Crippen LogP contribution in [0.25, 0.3) is 41.0 Å². The summed E-state index contributed by atoms with van der Waals surface area (Å²) >= 11 is 0. The van der Waals surface area contributed by atoms with Crippen molar-refractivity contribution in [2.45, 2.75) is 46.2 Å². The summed E-state index contributed by atoms with van der Waals surface area (Å²) in [5, 5.41) is 0. The van der Waals surface area contributed by atoms with Gasteiger partial charge in [0.2, 0.25) is 0 Å². The van der Waals surface area contributed by atoms with Crippen molar-refractivity contribution in [3.63, 3.8) is 0 Å². The molecule has 8 nitrogen and oxygen atoms in total. The normalized spacial score (nSPS) is 13.0. The molecule has 1 aliphatic carbocycles. The molecule has 0 saturated heterocycles. The number of ether oxygens (including phenoxy) is 8. The van der Waals surface area contributed by atoms with E-state index in [1.807, 2.05) is 85.0 Å². The largest absolute Gasteiger partial charge is 0.491 e. The minimum Gasteiger partial charge on any atom is -0.491 e. The molecule has 0 bridgehead atoms. The Hall–Kier alpha value is -8.76. The zero-order valence-electron chi connectivity index (χ0n) is 48.5. The number of aryl methyl sites for hydroxylation is 2. The molecule has 0 spiro atoms. The third kappa shape index (κ3) is 17.2. The Morgan fingerprint density at radius 3 is 1.24 bits per heavy atom. The van der Waals surface area contributed by atoms with Crippen molar-refractivity contribution in [1.82, 2.24) is 0 Å². The van der Waals surface area contributed by atoms with Gasteiger partial charge < -0.3 is 37.9 Å². The highest BCUT2D eigenvalue weighted by atomic mass is 16.5. The lowest BCUT2D eigenvalue weighted by atomic mass is 9.78. The number of benzene rings is 8. The van der Waals surface area contributed by atoms with E-state index in [1.165, 1.54) is 0 Å². The van der Waals surface area contributed by atoms with Crippen LogP contribution < -0.4 is 18.9 Å². The van der Waals surface area contributed by atoms with E-state index in [4.69, 9.17) is 37.9 Å². The van der Waals surface area contributed by atoms with E-state index in [2.05, 4.69) is 174 Å². The van der Waals surface area contributed by atoms with Gasteiger partial charge in [0.05, 0.1) is 52.9 Å². The Balaban J connectivity index is 0.976. The second-order valence-corrected chi connectivity index (χ2v) is 20.7. The Labute approximate surface area is 497 Å². The van der Waals surface area contributed by atoms with Gasteiger partial charge in [0, 0.05) is 23.0 Å². The molecule has 0 fully saturated rings. The molecular formula is C76H76O8. The van der Waals surface area contributed by atoms with Crippen molar-refractivity contribution >= 4 is 29.9 Å². The Morgan fingerprint density at radius 1 is 0.393 bits per heavy atom. The van der Waals surface area contributed by atoms with Crippen LogP contribution in [0.4, 0.5) is 0 Å². The third-order valence-electron chi connectivity index (χ3n) is 14.6. The van der Waals surface area contributed by atoms with Crippen LogP contribution in [0.2, 0.25) is 0 Å². The molecule has 2 atom stereocenters. The van der Waals surface area contributed by atoms with Gasteiger partial charge in [-0.25, -0.2) is 0 Å². The minimum atomic E-state index is -0.249. The summed E-state index contributed by atoms with van der Waals surface area (Å²) in [5.41, 5.74) is 17.2. The summed E-state index contributed by atoms with van der Waals surface area (Å²) in [7, 11) is 0. The smallest absolute Gasteiger partial charge is 0.126 e. The molecule has 1 aliphatic rings. The Kier molecular flexibility index (Phi) is 22.1. The maximum Gasteiger partial charge on any atom is 0.126 e. The van der Waals surface area contributed by atoms with Crippen molar-refractivity contribution in [2.75, 3.05) is 52.9 Å². The standard InChI is InChI=1S/C76H76O8/c1-7-57-11-19-61(20-12-57)51-77-39-43-81-70-34-29-65(30-35-70)67-27-28-69(49-67)75(73-48-55(5)47-56(6)76(73)84-46-42-80-54-64-25-17-60(10-4)18-26-64)72-50-68(33-38-74(72)83-45-41-79-53-63-23-15-59(9-3)16-24-63)66-31-36-71(37-32-66)82-44-40-78-52-62-21-13-58(8-2)14-22-62/h7-38,47-50,69,75H,1-4,39-46,51-54H2,5-6H3. The second kappa shape index (κ2) is 31.1. The highest BCUT2D eigenvalue weighted by Crippen LogP contribution is 2.48. The number of allylic oxidation sites excluding steroid dienone is 4. The van der Waals surface area contributed by atoms with Crippen LogP contribution in [0.15, 0.2) is 220 Å². The van der Waals surface area contributed by atoms with Crippen molar-refractivity contribution in [3.8, 4) is 34.1 Å². The van der Waals surface area contributed by atoms with E-state index in [1.54, 1.807) is 0 Å². The lowest BCUT2D eigenvalue weighted by molar-refractivity contribution is 0.0878. The summed E-state index contributed by atoms with van der Waals surface area (Å²) in [4.78, 5) is 0. The number of rotatable bonds is 33. The predicted octanol–water partition coefficient (Wildman–Crippen LogP) is 17.3. The van der Waals surface area contributed by atoms with Gasteiger partial charge in [-0.3, -0.25) is 0 Å². The zero-order valence-corrected chi connectivity index (χ0v) is 48.5. The van der Waals surface area contributed by atoms with Crippen LogP contribution in [-0.4, -0.2) is 52.9 Å². The van der Waals surface area contributed by atoms with E-state index in [-0.39, 0.29) is 11.8 Å². The highest BCUT2D eigenvalue weighted by molar-refractivity contribution is 5.78. The van der Waals surface area contributed by atoms with Gasteiger partial charge >= 0.3 is 0 Å². The van der Waals surface area contributed by atoms with Gasteiger partial charge in [0.15, 0.2) is 0 Å². The monoisotopic (exact) mass is 1120 g/mol. The van der Waals surface area contributed by atoms with E-state index < -0.39 is 0 Å². The molecule has 8 aromatic rings. The molecule has 0 aromatic heterocycles. The van der Waals surface area contributed by atoms with Crippen molar-refractivity contribution in [3.05, 3.63) is 293 Å². The van der Waals surface area contributed by atoms with E-state index in [0.29, 0.717) is 79.3 Å². The van der Waals surface area contributed by atoms with E-state index in [9.17, 15) is 0 Å². The Bertz CT molecular complexity index is 3470. The lowest BCUT2D eigenvalue weighted by Crippen LogP contribution is -2.17. The van der Waals surface area contributed by atoms with Gasteiger partial charge in [-0.2, -0.15) is 0 Å². The maximum absolute atomic E-state index is 6.88. The second-order valence-electron chi connectivity index (χ2n) is 20.7. The molecule has 428 valence electrons. The molecule has 9 rings (SSSR count). The fourth-order valence-electron chi connectivity index (χ4n) is 10.1. The van der Waals surface area contributed by atoms with Gasteiger partial charge in [-0.1, -0.05) is 214 Å². The van der Waals surface area contributed by atoms with Gasteiger partial charge in [-0.05, 0) is 123 Å². The van der Waals surface area contributed by atoms with E-state index >= 15 is 0 Å². The Morgan fingerprint density at radius 2 is 0.798 bits per heavy atom. The molecule has 0 heterocycles. The van der Waals surface area contributed by atoms with Gasteiger partial charge in [0.1, 0.15) is 49.4 Å². The van der Waals surface area contributed by atoms with Gasteiger partial charge in [-0.15, -0.1) is 0 Å². The fourth-order valence-corrected chi connectivity index (χ4v) is 10.1. The summed E-state index contributed by atoms with van der Waals surface area (Å²) in [6.07, 6.45) is 14.3. The summed E-state index contributed by atoms with van der Waals surface area (Å²) in [6, 6.07) is 60.4. The molecule has 8 heteroatoms. The van der Waals surface area contributed by atoms with Crippen LogP contribution in [0.3, 0.4) is 0 Å². The molecule has 0 amide bonds. The average molecular weight is 1120 g/mol. The lowest BCUT2D eigenvalue weighted by Gasteiger charge is -2.28. The number of hydrogen-bond donors (Lipinski definition) is 0. The predicted molar refractivity (Wildman–Crippen MR) is 343 cm³/mol. The average Bonchev–Trinajstić information content (AvgIpc) is 3.87. The molecular weight excluding hydrogens is 1040 g/mol. The van der Waals surface area contributed by atoms with Gasteiger partial charge in [0.25, 0.3) is 0 Å². The first-order valence-corrected chi connectivity index (χ1v) is 28.8. The van der Waals surface area contributed by atoms with Crippen LogP contribution >= 0.6 is 0 Å². The molecule has 0 radical (unpaired) electrons. The molecule has 2 unspecified atom stereocenters. The molecule has 0 N–H and O–H groups in total. The fraction of sp³-hybridized carbons (Fsp3) is 0.211. The molecule has 0 aliphatic heterocycles. The summed E-state index contributed by atoms with van der Waals surface area (Å²) in [5.74, 6) is 2.79. The first-order valence-electron chi connectivity index (χ1n) is 28.8. The highest BCUT2D eigenvalue weighted by Gasteiger charge is 2.31. The maximum atomic E-state index is 6.88. The molecule has 84 heavy (non-hydrogen) atoms. The van der Waals surface area contributed by atoms with Crippen LogP contribution in [0, 0.1) is 19.8 Å². The van der Waals surface area contributed by atoms with Crippen LogP contribution in [0.5, 0.6) is 23.0 Å². The van der Waals surface area contributed by atoms with Crippen molar-refractivity contribution in [1.29, 1.82) is 0 Å². The quantitative estimate of drug-likeness (QED) is 0.0377. The van der Waals surface area contributed by atoms with Crippen molar-refractivity contribution < 1.29 is 37.9 Å². The zero-order chi connectivity index (χ0) is 58.3. The van der Waals surface area contributed by atoms with E-state index in [0.717, 1.165) is 112 Å². The molecule has 8 aromatic carbocycles. The minimum absolute atomic E-state index is 0.101. The number of hydrogen-bond acceptors (Lipinski definition) is 8. The van der Waals surface area contributed by atoms with Crippen molar-refractivity contribution in [2.24, 2.45) is 5.92 Å². The van der Waals surface area contributed by atoms with Crippen LogP contribution in [-0.2, 0) is 45.4 Å². The summed E-state index contributed by atoms with van der Waals surface area (Å²) in [6.45, 7) is 25.0. The summed E-state index contributed by atoms with van der Waals surface area (Å²) < 4.78 is 50.3. The first-order chi connectivity index (χ1) is 41.2.